The van der Waals surface area contributed by atoms with Crippen LogP contribution in [-0.4, -0.2) is 14.5 Å². The second-order valence-corrected chi connectivity index (χ2v) is 3.66. The maximum Gasteiger partial charge on any atom is 0.159 e. The fourth-order valence-electron chi connectivity index (χ4n) is 1.88. The van der Waals surface area contributed by atoms with Crippen molar-refractivity contribution in [2.45, 2.75) is 0 Å². The molecule has 2 aromatic heterocycles. The van der Waals surface area contributed by atoms with Crippen LogP contribution in [0.3, 0.4) is 0 Å². The molecule has 3 rings (SSSR count). The number of aryl methyl sites for hydroxylation is 1. The molecule has 0 N–H and O–H groups in total. The van der Waals surface area contributed by atoms with Gasteiger partial charge in [0.05, 0.1) is 11.9 Å². The van der Waals surface area contributed by atoms with Gasteiger partial charge in [-0.05, 0) is 11.6 Å². The first-order valence-electron chi connectivity index (χ1n) is 5.10. The summed E-state index contributed by atoms with van der Waals surface area (Å²) in [6.07, 6.45) is 4.35. The van der Waals surface area contributed by atoms with Crippen molar-refractivity contribution in [2.24, 2.45) is 7.05 Å². The Morgan fingerprint density at radius 2 is 2.00 bits per heavy atom. The van der Waals surface area contributed by atoms with E-state index in [2.05, 4.69) is 28.3 Å². The van der Waals surface area contributed by atoms with Gasteiger partial charge in [0.2, 0.25) is 0 Å². The Bertz CT molecular complexity index is 626. The highest BCUT2D eigenvalue weighted by atomic mass is 15.0. The number of hydrogen-bond donors (Lipinski definition) is 0. The van der Waals surface area contributed by atoms with Gasteiger partial charge in [0.25, 0.3) is 0 Å². The summed E-state index contributed by atoms with van der Waals surface area (Å²) in [5, 5.41) is 0. The minimum atomic E-state index is 0.862. The zero-order valence-corrected chi connectivity index (χ0v) is 8.88. The first kappa shape index (κ1) is 9.09. The molecule has 0 saturated carbocycles. The molecule has 3 aromatic rings. The number of nitrogens with zero attached hydrogens (tertiary/aromatic N) is 3. The molecular formula is C13H10N3. The van der Waals surface area contributed by atoms with Crippen molar-refractivity contribution in [3.63, 3.8) is 0 Å². The number of aromatic nitrogens is 3. The quantitative estimate of drug-likeness (QED) is 0.615. The van der Waals surface area contributed by atoms with E-state index in [1.54, 1.807) is 6.20 Å². The lowest BCUT2D eigenvalue weighted by Crippen LogP contribution is -1.92. The highest BCUT2D eigenvalue weighted by Gasteiger charge is 2.08. The number of fused-ring (bicyclic) bond motifs is 1. The standard InChI is InChI=1S/C13H10N3/c1-16-12(10-5-3-2-4-6-10)9-11-13(16)15-8-7-14-11/h2-7,9H,1H3. The molecule has 3 heteroatoms. The van der Waals surface area contributed by atoms with Crippen LogP contribution in [0.1, 0.15) is 0 Å². The summed E-state index contributed by atoms with van der Waals surface area (Å²) in [4.78, 5) is 8.45. The summed E-state index contributed by atoms with van der Waals surface area (Å²) in [7, 11) is 1.99. The smallest absolute Gasteiger partial charge is 0.159 e. The summed E-state index contributed by atoms with van der Waals surface area (Å²) in [5.74, 6) is 0. The van der Waals surface area contributed by atoms with Crippen molar-refractivity contribution in [1.29, 1.82) is 0 Å². The van der Waals surface area contributed by atoms with Crippen molar-refractivity contribution >= 4 is 11.2 Å². The predicted octanol–water partition coefficient (Wildman–Crippen LogP) is 2.44. The molecule has 0 aliphatic heterocycles. The van der Waals surface area contributed by atoms with Gasteiger partial charge >= 0.3 is 0 Å². The Morgan fingerprint density at radius 3 is 2.75 bits per heavy atom. The molecule has 2 heterocycles. The van der Waals surface area contributed by atoms with Gasteiger partial charge in [0.1, 0.15) is 11.7 Å². The van der Waals surface area contributed by atoms with Crippen molar-refractivity contribution in [1.82, 2.24) is 14.5 Å². The van der Waals surface area contributed by atoms with Gasteiger partial charge in [0, 0.05) is 7.05 Å². The van der Waals surface area contributed by atoms with E-state index in [1.807, 2.05) is 35.9 Å². The number of rotatable bonds is 1. The summed E-state index contributed by atoms with van der Waals surface area (Å²) < 4.78 is 2.04. The molecule has 0 fully saturated rings. The summed E-state index contributed by atoms with van der Waals surface area (Å²) in [6, 6.07) is 12.3. The lowest BCUT2D eigenvalue weighted by atomic mass is 10.1. The van der Waals surface area contributed by atoms with Crippen LogP contribution in [0.25, 0.3) is 22.4 Å². The SMILES string of the molecule is Cn1c(-c2ccccc2)cc2nc[c]nc21. The van der Waals surface area contributed by atoms with E-state index >= 15 is 0 Å². The van der Waals surface area contributed by atoms with Crippen molar-refractivity contribution in [2.75, 3.05) is 0 Å². The Morgan fingerprint density at radius 1 is 1.19 bits per heavy atom. The minimum Gasteiger partial charge on any atom is -0.327 e. The molecular weight excluding hydrogens is 198 g/mol. The average Bonchev–Trinajstić information content (AvgIpc) is 2.69. The lowest BCUT2D eigenvalue weighted by Gasteiger charge is -2.02. The minimum absolute atomic E-state index is 0.862. The van der Waals surface area contributed by atoms with Crippen molar-refractivity contribution in [3.05, 3.63) is 48.8 Å². The molecule has 0 saturated heterocycles. The average molecular weight is 208 g/mol. The molecule has 0 atom stereocenters. The second-order valence-electron chi connectivity index (χ2n) is 3.66. The van der Waals surface area contributed by atoms with Gasteiger partial charge in [0.15, 0.2) is 5.65 Å². The van der Waals surface area contributed by atoms with Gasteiger partial charge in [-0.15, -0.1) is 0 Å². The molecule has 77 valence electrons. The fraction of sp³-hybridized carbons (Fsp3) is 0.0769. The molecule has 0 aliphatic carbocycles. The van der Waals surface area contributed by atoms with Crippen LogP contribution in [0, 0.1) is 6.20 Å². The van der Waals surface area contributed by atoms with Gasteiger partial charge in [-0.1, -0.05) is 30.3 Å². The van der Waals surface area contributed by atoms with Crippen LogP contribution in [0.15, 0.2) is 42.6 Å². The van der Waals surface area contributed by atoms with E-state index in [-0.39, 0.29) is 0 Å². The molecule has 0 unspecified atom stereocenters. The normalized spacial score (nSPS) is 10.8. The first-order valence-corrected chi connectivity index (χ1v) is 5.10. The van der Waals surface area contributed by atoms with Gasteiger partial charge < -0.3 is 4.57 Å². The Kier molecular flexibility index (Phi) is 1.96. The lowest BCUT2D eigenvalue weighted by molar-refractivity contribution is 0.953. The monoisotopic (exact) mass is 208 g/mol. The maximum atomic E-state index is 4.25. The van der Waals surface area contributed by atoms with Crippen LogP contribution in [0.4, 0.5) is 0 Å². The zero-order chi connectivity index (χ0) is 11.0. The molecule has 1 radical (unpaired) electrons. The van der Waals surface area contributed by atoms with Crippen molar-refractivity contribution in [3.8, 4) is 11.3 Å². The summed E-state index contributed by atoms with van der Waals surface area (Å²) >= 11 is 0. The van der Waals surface area contributed by atoms with Gasteiger partial charge in [-0.3, -0.25) is 4.98 Å². The van der Waals surface area contributed by atoms with Crippen LogP contribution >= 0.6 is 0 Å². The van der Waals surface area contributed by atoms with Crippen LogP contribution < -0.4 is 0 Å². The topological polar surface area (TPSA) is 30.7 Å². The third-order valence-electron chi connectivity index (χ3n) is 2.68. The summed E-state index contributed by atoms with van der Waals surface area (Å²) in [5.41, 5.74) is 4.06. The molecule has 3 nitrogen and oxygen atoms in total. The Labute approximate surface area is 93.4 Å². The largest absolute Gasteiger partial charge is 0.327 e. The third-order valence-corrected chi connectivity index (χ3v) is 2.68. The van der Waals surface area contributed by atoms with E-state index < -0.39 is 0 Å². The number of hydrogen-bond acceptors (Lipinski definition) is 2. The summed E-state index contributed by atoms with van der Waals surface area (Å²) in [6.45, 7) is 0. The van der Waals surface area contributed by atoms with Crippen LogP contribution in [0.2, 0.25) is 0 Å². The van der Waals surface area contributed by atoms with Gasteiger partial charge in [-0.2, -0.15) is 0 Å². The van der Waals surface area contributed by atoms with Crippen LogP contribution in [0.5, 0.6) is 0 Å². The van der Waals surface area contributed by atoms with E-state index in [9.17, 15) is 0 Å². The fourth-order valence-corrected chi connectivity index (χ4v) is 1.88. The van der Waals surface area contributed by atoms with Crippen molar-refractivity contribution < 1.29 is 0 Å². The molecule has 16 heavy (non-hydrogen) atoms. The van der Waals surface area contributed by atoms with E-state index in [4.69, 9.17) is 0 Å². The Balaban J connectivity index is 2.29. The molecule has 1 aromatic carbocycles. The predicted molar refractivity (Wildman–Crippen MR) is 62.8 cm³/mol. The number of benzene rings is 1. The Hall–Kier alpha value is -2.16. The highest BCUT2D eigenvalue weighted by molar-refractivity contribution is 5.80. The van der Waals surface area contributed by atoms with E-state index in [1.165, 1.54) is 5.56 Å². The van der Waals surface area contributed by atoms with Crippen LogP contribution in [-0.2, 0) is 7.05 Å². The second kappa shape index (κ2) is 3.45. The maximum absolute atomic E-state index is 4.25. The molecule has 0 amide bonds. The first-order chi connectivity index (χ1) is 7.86. The molecule has 0 spiro atoms. The third kappa shape index (κ3) is 1.29. The molecule has 0 bridgehead atoms. The highest BCUT2D eigenvalue weighted by Crippen LogP contribution is 2.24. The van der Waals surface area contributed by atoms with Gasteiger partial charge in [-0.25, -0.2) is 4.98 Å². The zero-order valence-electron chi connectivity index (χ0n) is 8.88. The van der Waals surface area contributed by atoms with E-state index in [0.29, 0.717) is 0 Å². The van der Waals surface area contributed by atoms with E-state index in [0.717, 1.165) is 16.9 Å². The molecule has 0 aliphatic rings.